The Morgan fingerprint density at radius 2 is 2.08 bits per heavy atom. The van der Waals surface area contributed by atoms with E-state index in [9.17, 15) is 9.59 Å². The lowest BCUT2D eigenvalue weighted by Gasteiger charge is -2.23. The predicted octanol–water partition coefficient (Wildman–Crippen LogP) is 1.82. The molecule has 1 saturated heterocycles. The molecule has 6 heteroatoms. The van der Waals surface area contributed by atoms with E-state index < -0.39 is 0 Å². The average Bonchev–Trinajstić information content (AvgIpc) is 3.31. The molecule has 1 atom stereocenters. The van der Waals surface area contributed by atoms with Crippen molar-refractivity contribution in [2.75, 3.05) is 13.3 Å². The van der Waals surface area contributed by atoms with E-state index in [1.54, 1.807) is 0 Å². The Labute approximate surface area is 141 Å². The zero-order chi connectivity index (χ0) is 16.5. The Morgan fingerprint density at radius 3 is 2.92 bits per heavy atom. The number of hydrogen-bond donors (Lipinski definition) is 1. The molecule has 4 rings (SSSR count). The number of nitrogens with zero attached hydrogens (tertiary/aromatic N) is 1. The van der Waals surface area contributed by atoms with Crippen molar-refractivity contribution in [1.29, 1.82) is 0 Å². The normalized spacial score (nSPS) is 23.1. The van der Waals surface area contributed by atoms with Gasteiger partial charge in [-0.1, -0.05) is 25.0 Å². The summed E-state index contributed by atoms with van der Waals surface area (Å²) >= 11 is 0. The average molecular weight is 330 g/mol. The van der Waals surface area contributed by atoms with E-state index in [2.05, 4.69) is 5.32 Å². The summed E-state index contributed by atoms with van der Waals surface area (Å²) in [5.41, 5.74) is 0.898. The number of carbonyl (C=O) groups excluding carboxylic acids is 2. The predicted molar refractivity (Wildman–Crippen MR) is 86.5 cm³/mol. The third-order valence-electron chi connectivity index (χ3n) is 5.23. The highest BCUT2D eigenvalue weighted by molar-refractivity contribution is 5.89. The molecule has 0 aromatic heterocycles. The zero-order valence-electron chi connectivity index (χ0n) is 13.6. The second-order valence-corrected chi connectivity index (χ2v) is 6.75. The van der Waals surface area contributed by atoms with Gasteiger partial charge in [0.15, 0.2) is 11.5 Å². The van der Waals surface area contributed by atoms with E-state index in [4.69, 9.17) is 9.47 Å². The van der Waals surface area contributed by atoms with Crippen molar-refractivity contribution in [2.24, 2.45) is 5.92 Å². The fourth-order valence-corrected chi connectivity index (χ4v) is 3.93. The molecule has 1 N–H and O–H groups in total. The van der Waals surface area contributed by atoms with Crippen LogP contribution in [0.1, 0.15) is 37.7 Å². The second-order valence-electron chi connectivity index (χ2n) is 6.75. The highest BCUT2D eigenvalue weighted by Crippen LogP contribution is 2.35. The number of fused-ring (bicyclic) bond motifs is 1. The van der Waals surface area contributed by atoms with Crippen molar-refractivity contribution in [1.82, 2.24) is 10.2 Å². The fourth-order valence-electron chi connectivity index (χ4n) is 3.93. The largest absolute Gasteiger partial charge is 0.454 e. The van der Waals surface area contributed by atoms with Crippen LogP contribution in [-0.2, 0) is 16.1 Å². The molecule has 2 amide bonds. The van der Waals surface area contributed by atoms with Crippen LogP contribution in [0.4, 0.5) is 0 Å². The first-order valence-corrected chi connectivity index (χ1v) is 8.67. The van der Waals surface area contributed by atoms with Crippen LogP contribution in [0, 0.1) is 5.92 Å². The van der Waals surface area contributed by atoms with E-state index in [1.165, 1.54) is 12.8 Å². The number of para-hydroxylation sites is 1. The van der Waals surface area contributed by atoms with Crippen molar-refractivity contribution < 1.29 is 19.1 Å². The van der Waals surface area contributed by atoms with E-state index in [1.807, 2.05) is 23.1 Å². The summed E-state index contributed by atoms with van der Waals surface area (Å²) in [7, 11) is 0. The van der Waals surface area contributed by atoms with E-state index in [0.717, 1.165) is 18.4 Å². The molecule has 0 unspecified atom stereocenters. The molecule has 2 aliphatic heterocycles. The van der Waals surface area contributed by atoms with Crippen molar-refractivity contribution in [3.8, 4) is 11.5 Å². The minimum atomic E-state index is -0.243. The van der Waals surface area contributed by atoms with Crippen molar-refractivity contribution >= 4 is 11.8 Å². The van der Waals surface area contributed by atoms with Gasteiger partial charge in [-0.15, -0.1) is 0 Å². The first-order chi connectivity index (χ1) is 11.7. The van der Waals surface area contributed by atoms with Gasteiger partial charge in [-0.05, 0) is 18.9 Å². The topological polar surface area (TPSA) is 67.9 Å². The van der Waals surface area contributed by atoms with Gasteiger partial charge in [0.2, 0.25) is 18.6 Å². The standard InChI is InChI=1S/C18H22N2O4/c21-16-8-13(10-20(16)14-5-1-2-6-14)18(22)19-9-12-4-3-7-15-17(12)24-11-23-15/h3-4,7,13-14H,1-2,5-6,8-11H2,(H,19,22)/t13-/m0/s1. The quantitative estimate of drug-likeness (QED) is 0.914. The number of nitrogens with one attached hydrogen (secondary N) is 1. The first-order valence-electron chi connectivity index (χ1n) is 8.67. The summed E-state index contributed by atoms with van der Waals surface area (Å²) in [6.45, 7) is 1.16. The molecular formula is C18H22N2O4. The Hall–Kier alpha value is -2.24. The molecule has 6 nitrogen and oxygen atoms in total. The van der Waals surface area contributed by atoms with Gasteiger partial charge < -0.3 is 19.7 Å². The summed E-state index contributed by atoms with van der Waals surface area (Å²) in [6, 6.07) is 6.00. The lowest BCUT2D eigenvalue weighted by atomic mass is 10.1. The van der Waals surface area contributed by atoms with Crippen LogP contribution in [-0.4, -0.2) is 36.1 Å². The van der Waals surface area contributed by atoms with Gasteiger partial charge >= 0.3 is 0 Å². The number of rotatable bonds is 4. The molecule has 0 radical (unpaired) electrons. The van der Waals surface area contributed by atoms with Crippen LogP contribution >= 0.6 is 0 Å². The van der Waals surface area contributed by atoms with Gasteiger partial charge in [0.05, 0.1) is 5.92 Å². The number of carbonyl (C=O) groups is 2. The second kappa shape index (κ2) is 6.34. The molecule has 1 aliphatic carbocycles. The molecule has 3 aliphatic rings. The van der Waals surface area contributed by atoms with Crippen LogP contribution in [0.2, 0.25) is 0 Å². The summed E-state index contributed by atoms with van der Waals surface area (Å²) in [4.78, 5) is 26.6. The molecular weight excluding hydrogens is 308 g/mol. The van der Waals surface area contributed by atoms with Crippen LogP contribution in [0.5, 0.6) is 11.5 Å². The minimum absolute atomic E-state index is 0.0552. The third-order valence-corrected chi connectivity index (χ3v) is 5.23. The van der Waals surface area contributed by atoms with Gasteiger partial charge in [0.1, 0.15) is 0 Å². The lowest BCUT2D eigenvalue weighted by Crippen LogP contribution is -2.36. The van der Waals surface area contributed by atoms with Crippen molar-refractivity contribution in [3.05, 3.63) is 23.8 Å². The number of benzene rings is 1. The van der Waals surface area contributed by atoms with Crippen LogP contribution in [0.15, 0.2) is 18.2 Å². The number of hydrogen-bond acceptors (Lipinski definition) is 4. The summed E-state index contributed by atoms with van der Waals surface area (Å²) < 4.78 is 10.8. The smallest absolute Gasteiger partial charge is 0.231 e. The minimum Gasteiger partial charge on any atom is -0.454 e. The molecule has 24 heavy (non-hydrogen) atoms. The SMILES string of the molecule is O=C(NCc1cccc2c1OCO2)[C@H]1CC(=O)N(C2CCCC2)C1. The molecule has 2 fully saturated rings. The summed E-state index contributed by atoms with van der Waals surface area (Å²) in [6.07, 6.45) is 4.86. The highest BCUT2D eigenvalue weighted by atomic mass is 16.7. The molecule has 2 heterocycles. The van der Waals surface area contributed by atoms with E-state index >= 15 is 0 Å². The van der Waals surface area contributed by atoms with Gasteiger partial charge in [-0.2, -0.15) is 0 Å². The van der Waals surface area contributed by atoms with Crippen LogP contribution < -0.4 is 14.8 Å². The van der Waals surface area contributed by atoms with E-state index in [-0.39, 0.29) is 24.5 Å². The van der Waals surface area contributed by atoms with E-state index in [0.29, 0.717) is 37.1 Å². The van der Waals surface area contributed by atoms with Gasteiger partial charge in [0.25, 0.3) is 0 Å². The molecule has 1 saturated carbocycles. The fraction of sp³-hybridized carbons (Fsp3) is 0.556. The Bertz CT molecular complexity index is 654. The molecule has 128 valence electrons. The van der Waals surface area contributed by atoms with Gasteiger partial charge in [0, 0.05) is 31.1 Å². The van der Waals surface area contributed by atoms with Gasteiger partial charge in [-0.3, -0.25) is 9.59 Å². The third kappa shape index (κ3) is 2.81. The van der Waals surface area contributed by atoms with Crippen LogP contribution in [0.3, 0.4) is 0 Å². The maximum Gasteiger partial charge on any atom is 0.231 e. The number of likely N-dealkylation sites (tertiary alicyclic amines) is 1. The Morgan fingerprint density at radius 1 is 1.25 bits per heavy atom. The Balaban J connectivity index is 1.35. The molecule has 1 aromatic carbocycles. The molecule has 0 spiro atoms. The zero-order valence-corrected chi connectivity index (χ0v) is 13.6. The number of ether oxygens (including phenoxy) is 2. The van der Waals surface area contributed by atoms with Crippen molar-refractivity contribution in [3.63, 3.8) is 0 Å². The van der Waals surface area contributed by atoms with Gasteiger partial charge in [-0.25, -0.2) is 0 Å². The number of amides is 2. The lowest BCUT2D eigenvalue weighted by molar-refractivity contribution is -0.130. The molecule has 0 bridgehead atoms. The molecule has 1 aromatic rings. The Kier molecular flexibility index (Phi) is 4.04. The first kappa shape index (κ1) is 15.3. The van der Waals surface area contributed by atoms with Crippen LogP contribution in [0.25, 0.3) is 0 Å². The maximum absolute atomic E-state index is 12.5. The monoisotopic (exact) mass is 330 g/mol. The summed E-state index contributed by atoms with van der Waals surface area (Å²) in [5, 5.41) is 2.95. The maximum atomic E-state index is 12.5. The summed E-state index contributed by atoms with van der Waals surface area (Å²) in [5.74, 6) is 1.24. The van der Waals surface area contributed by atoms with Crippen molar-refractivity contribution in [2.45, 2.75) is 44.7 Å². The highest BCUT2D eigenvalue weighted by Gasteiger charge is 2.38.